The van der Waals surface area contributed by atoms with Crippen LogP contribution >= 0.6 is 0 Å². The van der Waals surface area contributed by atoms with E-state index in [2.05, 4.69) is 4.74 Å². The first-order chi connectivity index (χ1) is 4.95. The molecular formula is C6H12O5. The Balaban J connectivity index is 2.67. The zero-order valence-electron chi connectivity index (χ0n) is 6.14. The zero-order chi connectivity index (χ0) is 8.65. The van der Waals surface area contributed by atoms with Crippen LogP contribution < -0.4 is 0 Å². The van der Waals surface area contributed by atoms with Gasteiger partial charge in [0.1, 0.15) is 18.3 Å². The van der Waals surface area contributed by atoms with Crippen molar-refractivity contribution in [1.29, 1.82) is 0 Å². The Hall–Kier alpha value is -0.200. The lowest BCUT2D eigenvalue weighted by atomic mass is 9.98. The van der Waals surface area contributed by atoms with Crippen molar-refractivity contribution < 1.29 is 25.2 Å². The smallest absolute Gasteiger partial charge is 0.191 e. The van der Waals surface area contributed by atoms with Crippen molar-refractivity contribution in [3.8, 4) is 0 Å². The van der Waals surface area contributed by atoms with E-state index in [0.29, 0.717) is 0 Å². The normalized spacial score (nSPS) is 52.6. The van der Waals surface area contributed by atoms with Gasteiger partial charge in [-0.25, -0.2) is 0 Å². The molecule has 0 radical (unpaired) electrons. The van der Waals surface area contributed by atoms with E-state index in [4.69, 9.17) is 15.3 Å². The molecule has 0 aliphatic carbocycles. The number of rotatable bonds is 0. The maximum atomic E-state index is 9.19. The van der Waals surface area contributed by atoms with Crippen LogP contribution in [0.15, 0.2) is 0 Å². The fourth-order valence-corrected chi connectivity index (χ4v) is 0.965. The summed E-state index contributed by atoms with van der Waals surface area (Å²) in [6.07, 6.45) is -3.95. The first kappa shape index (κ1) is 8.89. The van der Waals surface area contributed by atoms with Gasteiger partial charge < -0.3 is 25.2 Å². The number of hydrogen-bond donors (Lipinski definition) is 4. The lowest BCUT2D eigenvalue weighted by molar-refractivity contribution is -0.312. The Morgan fingerprint density at radius 1 is 1.36 bits per heavy atom. The fraction of sp³-hybridized carbons (Fsp3) is 1.00. The summed E-state index contributed by atoms with van der Waals surface area (Å²) in [5, 5.41) is 36.3. The molecule has 0 aromatic carbocycles. The highest BCUT2D eigenvalue weighted by Gasteiger charge is 2.44. The average molecular weight is 164 g/mol. The van der Waals surface area contributed by atoms with E-state index in [1.807, 2.05) is 0 Å². The molecule has 0 bridgehead atoms. The Morgan fingerprint density at radius 3 is 2.36 bits per heavy atom. The van der Waals surface area contributed by atoms with E-state index in [1.54, 1.807) is 0 Å². The molecule has 0 saturated carbocycles. The number of aliphatic hydroxyl groups excluding tert-OH is 3. The summed E-state index contributed by atoms with van der Waals surface area (Å²) < 4.78 is 4.66. The molecule has 1 aliphatic heterocycles. The highest BCUT2D eigenvalue weighted by molar-refractivity contribution is 4.88. The SMILES string of the molecule is CC1(O)OC[C@@H](O)C(O)[C@@H]1O. The molecule has 0 amide bonds. The van der Waals surface area contributed by atoms with Gasteiger partial charge in [-0.3, -0.25) is 0 Å². The lowest BCUT2D eigenvalue weighted by Gasteiger charge is -2.39. The molecule has 0 spiro atoms. The van der Waals surface area contributed by atoms with Gasteiger partial charge in [0.05, 0.1) is 6.61 Å². The molecule has 4 atom stereocenters. The number of aliphatic hydroxyl groups is 4. The largest absolute Gasteiger partial charge is 0.388 e. The van der Waals surface area contributed by atoms with Crippen molar-refractivity contribution in [2.45, 2.75) is 31.0 Å². The van der Waals surface area contributed by atoms with Gasteiger partial charge in [-0.1, -0.05) is 0 Å². The van der Waals surface area contributed by atoms with Gasteiger partial charge in [-0.2, -0.15) is 0 Å². The van der Waals surface area contributed by atoms with Crippen LogP contribution in [-0.2, 0) is 4.74 Å². The molecule has 66 valence electrons. The minimum absolute atomic E-state index is 0.175. The summed E-state index contributed by atoms with van der Waals surface area (Å²) in [5.74, 6) is -1.77. The fourth-order valence-electron chi connectivity index (χ4n) is 0.965. The van der Waals surface area contributed by atoms with Crippen LogP contribution in [0.5, 0.6) is 0 Å². The molecule has 0 aromatic rings. The Morgan fingerprint density at radius 2 is 1.91 bits per heavy atom. The standard InChI is InChI=1S/C6H12O5/c1-6(10)5(9)4(8)3(7)2-11-6/h3-5,7-10H,2H2,1H3/t3-,4?,5+,6?/m1/s1. The molecule has 1 fully saturated rings. The van der Waals surface area contributed by atoms with Gasteiger partial charge in [0, 0.05) is 0 Å². The topological polar surface area (TPSA) is 90.2 Å². The average Bonchev–Trinajstić information content (AvgIpc) is 1.95. The molecule has 11 heavy (non-hydrogen) atoms. The second-order valence-corrected chi connectivity index (χ2v) is 2.87. The van der Waals surface area contributed by atoms with Crippen molar-refractivity contribution in [1.82, 2.24) is 0 Å². The van der Waals surface area contributed by atoms with E-state index in [0.717, 1.165) is 0 Å². The summed E-state index contributed by atoms with van der Waals surface area (Å²) in [7, 11) is 0. The first-order valence-electron chi connectivity index (χ1n) is 3.35. The second-order valence-electron chi connectivity index (χ2n) is 2.87. The highest BCUT2D eigenvalue weighted by Crippen LogP contribution is 2.22. The Labute approximate surface area is 63.8 Å². The van der Waals surface area contributed by atoms with Crippen molar-refractivity contribution in [3.63, 3.8) is 0 Å². The van der Waals surface area contributed by atoms with E-state index in [9.17, 15) is 5.11 Å². The molecule has 0 aromatic heterocycles. The van der Waals surface area contributed by atoms with Gasteiger partial charge in [0.25, 0.3) is 0 Å². The maximum absolute atomic E-state index is 9.19. The maximum Gasteiger partial charge on any atom is 0.191 e. The van der Waals surface area contributed by atoms with E-state index in [1.165, 1.54) is 6.92 Å². The van der Waals surface area contributed by atoms with Crippen molar-refractivity contribution in [3.05, 3.63) is 0 Å². The summed E-state index contributed by atoms with van der Waals surface area (Å²) in [5.41, 5.74) is 0. The van der Waals surface area contributed by atoms with Gasteiger partial charge in [0.2, 0.25) is 0 Å². The molecule has 1 heterocycles. The molecule has 1 rings (SSSR count). The molecule has 1 saturated heterocycles. The molecule has 5 heteroatoms. The third-order valence-electron chi connectivity index (χ3n) is 1.81. The van der Waals surface area contributed by atoms with Crippen LogP contribution in [0.2, 0.25) is 0 Å². The minimum atomic E-state index is -1.77. The Bertz CT molecular complexity index is 146. The summed E-state index contributed by atoms with van der Waals surface area (Å²) >= 11 is 0. The summed E-state index contributed by atoms with van der Waals surface area (Å²) in [6, 6.07) is 0. The Kier molecular flexibility index (Phi) is 2.17. The second kappa shape index (κ2) is 2.69. The number of hydrogen-bond acceptors (Lipinski definition) is 5. The summed E-state index contributed by atoms with van der Waals surface area (Å²) in [4.78, 5) is 0. The van der Waals surface area contributed by atoms with Gasteiger partial charge in [0.15, 0.2) is 5.79 Å². The highest BCUT2D eigenvalue weighted by atomic mass is 16.6. The van der Waals surface area contributed by atoms with E-state index >= 15 is 0 Å². The van der Waals surface area contributed by atoms with Crippen LogP contribution in [0.4, 0.5) is 0 Å². The van der Waals surface area contributed by atoms with E-state index in [-0.39, 0.29) is 6.61 Å². The molecule has 1 aliphatic rings. The molecular weight excluding hydrogens is 152 g/mol. The van der Waals surface area contributed by atoms with Crippen molar-refractivity contribution >= 4 is 0 Å². The van der Waals surface area contributed by atoms with Crippen LogP contribution in [0.3, 0.4) is 0 Å². The molecule has 5 nitrogen and oxygen atoms in total. The third-order valence-corrected chi connectivity index (χ3v) is 1.81. The predicted molar refractivity (Wildman–Crippen MR) is 34.6 cm³/mol. The van der Waals surface area contributed by atoms with E-state index < -0.39 is 24.1 Å². The predicted octanol–water partition coefficient (Wildman–Crippen LogP) is -2.19. The van der Waals surface area contributed by atoms with Crippen LogP contribution in [-0.4, -0.2) is 51.1 Å². The van der Waals surface area contributed by atoms with Crippen LogP contribution in [0.1, 0.15) is 6.92 Å². The summed E-state index contributed by atoms with van der Waals surface area (Å²) in [6.45, 7) is 1.05. The van der Waals surface area contributed by atoms with Gasteiger partial charge >= 0.3 is 0 Å². The third kappa shape index (κ3) is 1.52. The van der Waals surface area contributed by atoms with Crippen molar-refractivity contribution in [2.24, 2.45) is 0 Å². The molecule has 2 unspecified atom stereocenters. The minimum Gasteiger partial charge on any atom is -0.388 e. The van der Waals surface area contributed by atoms with Gasteiger partial charge in [-0.15, -0.1) is 0 Å². The molecule has 4 N–H and O–H groups in total. The number of ether oxygens (including phenoxy) is 1. The van der Waals surface area contributed by atoms with Crippen molar-refractivity contribution in [2.75, 3.05) is 6.61 Å². The monoisotopic (exact) mass is 164 g/mol. The van der Waals surface area contributed by atoms with Crippen LogP contribution in [0.25, 0.3) is 0 Å². The lowest BCUT2D eigenvalue weighted by Crippen LogP contribution is -2.59. The quantitative estimate of drug-likeness (QED) is 0.326. The van der Waals surface area contributed by atoms with Gasteiger partial charge in [-0.05, 0) is 6.92 Å². The van der Waals surface area contributed by atoms with Crippen LogP contribution in [0, 0.1) is 0 Å². The zero-order valence-corrected chi connectivity index (χ0v) is 6.14. The first-order valence-corrected chi connectivity index (χ1v) is 3.35.